The van der Waals surface area contributed by atoms with Crippen LogP contribution in [0.15, 0.2) is 11.6 Å². The Morgan fingerprint density at radius 3 is 3.00 bits per heavy atom. The SMILES string of the molecule is NCC1CCN(C/C=C/Cl)C1. The zero-order valence-electron chi connectivity index (χ0n) is 6.67. The molecule has 0 saturated carbocycles. The maximum Gasteiger partial charge on any atom is 0.0174 e. The molecule has 1 heterocycles. The summed E-state index contributed by atoms with van der Waals surface area (Å²) < 4.78 is 0. The Morgan fingerprint density at radius 2 is 2.45 bits per heavy atom. The fourth-order valence-electron chi connectivity index (χ4n) is 1.46. The Hall–Kier alpha value is -0.0500. The molecule has 0 spiro atoms. The monoisotopic (exact) mass is 174 g/mol. The van der Waals surface area contributed by atoms with Crippen molar-refractivity contribution in [2.45, 2.75) is 6.42 Å². The zero-order chi connectivity index (χ0) is 8.10. The van der Waals surface area contributed by atoms with Crippen LogP contribution in [-0.2, 0) is 0 Å². The lowest BCUT2D eigenvalue weighted by Gasteiger charge is -2.11. The molecule has 1 rings (SSSR count). The normalized spacial score (nSPS) is 26.9. The van der Waals surface area contributed by atoms with E-state index in [1.165, 1.54) is 13.0 Å². The molecule has 1 aliphatic rings. The highest BCUT2D eigenvalue weighted by Crippen LogP contribution is 2.13. The minimum Gasteiger partial charge on any atom is -0.330 e. The fourth-order valence-corrected chi connectivity index (χ4v) is 1.54. The molecule has 0 aliphatic carbocycles. The maximum absolute atomic E-state index is 5.55. The third kappa shape index (κ3) is 2.81. The minimum atomic E-state index is 0.707. The number of nitrogens with two attached hydrogens (primary N) is 1. The summed E-state index contributed by atoms with van der Waals surface area (Å²) in [6.07, 6.45) is 3.22. The first kappa shape index (κ1) is 9.04. The van der Waals surface area contributed by atoms with Gasteiger partial charge >= 0.3 is 0 Å². The van der Waals surface area contributed by atoms with E-state index in [0.29, 0.717) is 5.92 Å². The van der Waals surface area contributed by atoms with Gasteiger partial charge in [-0.2, -0.15) is 0 Å². The highest BCUT2D eigenvalue weighted by molar-refractivity contribution is 6.25. The van der Waals surface area contributed by atoms with Crippen molar-refractivity contribution < 1.29 is 0 Å². The lowest BCUT2D eigenvalue weighted by Crippen LogP contribution is -2.23. The van der Waals surface area contributed by atoms with Crippen molar-refractivity contribution in [2.75, 3.05) is 26.2 Å². The van der Waals surface area contributed by atoms with Gasteiger partial charge in [0.2, 0.25) is 0 Å². The number of hydrogen-bond acceptors (Lipinski definition) is 2. The Kier molecular flexibility index (Phi) is 3.91. The standard InChI is InChI=1S/C8H15ClN2/c9-3-1-4-11-5-2-8(6-10)7-11/h1,3,8H,2,4-7,10H2/b3-1+. The van der Waals surface area contributed by atoms with Gasteiger partial charge in [0.25, 0.3) is 0 Å². The van der Waals surface area contributed by atoms with Crippen molar-refractivity contribution in [3.63, 3.8) is 0 Å². The van der Waals surface area contributed by atoms with E-state index >= 15 is 0 Å². The van der Waals surface area contributed by atoms with E-state index < -0.39 is 0 Å². The molecule has 1 aliphatic heterocycles. The van der Waals surface area contributed by atoms with Gasteiger partial charge in [-0.05, 0) is 25.4 Å². The van der Waals surface area contributed by atoms with E-state index in [-0.39, 0.29) is 0 Å². The van der Waals surface area contributed by atoms with Crippen LogP contribution in [-0.4, -0.2) is 31.1 Å². The summed E-state index contributed by atoms with van der Waals surface area (Å²) in [4.78, 5) is 2.37. The lowest BCUT2D eigenvalue weighted by molar-refractivity contribution is 0.360. The van der Waals surface area contributed by atoms with Crippen molar-refractivity contribution in [3.05, 3.63) is 11.6 Å². The summed E-state index contributed by atoms with van der Waals surface area (Å²) in [5.74, 6) is 0.707. The van der Waals surface area contributed by atoms with E-state index in [1.807, 2.05) is 6.08 Å². The van der Waals surface area contributed by atoms with Crippen LogP contribution >= 0.6 is 11.6 Å². The van der Waals surface area contributed by atoms with Crippen LogP contribution in [0, 0.1) is 5.92 Å². The number of rotatable bonds is 3. The highest BCUT2D eigenvalue weighted by atomic mass is 35.5. The smallest absolute Gasteiger partial charge is 0.0174 e. The second kappa shape index (κ2) is 4.75. The lowest BCUT2D eigenvalue weighted by atomic mass is 10.1. The summed E-state index contributed by atoms with van der Waals surface area (Å²) in [6, 6.07) is 0. The van der Waals surface area contributed by atoms with E-state index in [0.717, 1.165) is 19.6 Å². The number of nitrogens with zero attached hydrogens (tertiary/aromatic N) is 1. The molecule has 0 aromatic carbocycles. The topological polar surface area (TPSA) is 29.3 Å². The predicted octanol–water partition coefficient (Wildman–Crippen LogP) is 1.02. The summed E-state index contributed by atoms with van der Waals surface area (Å²) in [5, 5.41) is 0. The molecule has 2 N–H and O–H groups in total. The molecule has 64 valence electrons. The Balaban J connectivity index is 2.19. The molecule has 0 aromatic rings. The van der Waals surface area contributed by atoms with Crippen LogP contribution < -0.4 is 5.73 Å². The Bertz CT molecular complexity index is 136. The molecule has 1 unspecified atom stereocenters. The van der Waals surface area contributed by atoms with Crippen LogP contribution in [0.25, 0.3) is 0 Å². The molecule has 0 radical (unpaired) electrons. The molecule has 0 aromatic heterocycles. The second-order valence-electron chi connectivity index (χ2n) is 3.01. The van der Waals surface area contributed by atoms with Crippen molar-refractivity contribution in [1.29, 1.82) is 0 Å². The molecular weight excluding hydrogens is 160 g/mol. The van der Waals surface area contributed by atoms with Gasteiger partial charge in [-0.1, -0.05) is 17.7 Å². The predicted molar refractivity (Wildman–Crippen MR) is 48.6 cm³/mol. The Labute approximate surface area is 73.0 Å². The van der Waals surface area contributed by atoms with Gasteiger partial charge in [0.1, 0.15) is 0 Å². The molecule has 3 heteroatoms. The van der Waals surface area contributed by atoms with Crippen LogP contribution in [0.3, 0.4) is 0 Å². The summed E-state index contributed by atoms with van der Waals surface area (Å²) in [5.41, 5.74) is 7.13. The summed E-state index contributed by atoms with van der Waals surface area (Å²) >= 11 is 5.42. The van der Waals surface area contributed by atoms with Gasteiger partial charge in [0, 0.05) is 18.6 Å². The Morgan fingerprint density at radius 1 is 1.64 bits per heavy atom. The first-order valence-corrected chi connectivity index (χ1v) is 4.48. The second-order valence-corrected chi connectivity index (χ2v) is 3.26. The van der Waals surface area contributed by atoms with Crippen LogP contribution in [0.1, 0.15) is 6.42 Å². The molecule has 1 saturated heterocycles. The van der Waals surface area contributed by atoms with Crippen molar-refractivity contribution in [1.82, 2.24) is 4.90 Å². The number of likely N-dealkylation sites (tertiary alicyclic amines) is 1. The fraction of sp³-hybridized carbons (Fsp3) is 0.750. The zero-order valence-corrected chi connectivity index (χ0v) is 7.43. The van der Waals surface area contributed by atoms with Crippen LogP contribution in [0.2, 0.25) is 0 Å². The molecule has 11 heavy (non-hydrogen) atoms. The van der Waals surface area contributed by atoms with Gasteiger partial charge in [0.15, 0.2) is 0 Å². The first-order valence-electron chi connectivity index (χ1n) is 4.04. The van der Waals surface area contributed by atoms with Gasteiger partial charge in [-0.15, -0.1) is 0 Å². The van der Waals surface area contributed by atoms with Gasteiger partial charge in [-0.3, -0.25) is 4.90 Å². The summed E-state index contributed by atoms with van der Waals surface area (Å²) in [7, 11) is 0. The molecule has 1 atom stereocenters. The van der Waals surface area contributed by atoms with Gasteiger partial charge in [-0.25, -0.2) is 0 Å². The third-order valence-electron chi connectivity index (χ3n) is 2.16. The van der Waals surface area contributed by atoms with Crippen molar-refractivity contribution in [2.24, 2.45) is 11.7 Å². The quantitative estimate of drug-likeness (QED) is 0.693. The van der Waals surface area contributed by atoms with Gasteiger partial charge in [0.05, 0.1) is 0 Å². The molecule has 0 bridgehead atoms. The van der Waals surface area contributed by atoms with E-state index in [9.17, 15) is 0 Å². The average Bonchev–Trinajstić information content (AvgIpc) is 2.48. The molecule has 1 fully saturated rings. The molecular formula is C8H15ClN2. The van der Waals surface area contributed by atoms with Crippen LogP contribution in [0.4, 0.5) is 0 Å². The van der Waals surface area contributed by atoms with Crippen molar-refractivity contribution >= 4 is 11.6 Å². The van der Waals surface area contributed by atoms with Crippen LogP contribution in [0.5, 0.6) is 0 Å². The van der Waals surface area contributed by atoms with E-state index in [1.54, 1.807) is 5.54 Å². The van der Waals surface area contributed by atoms with E-state index in [4.69, 9.17) is 17.3 Å². The molecule has 0 amide bonds. The first-order chi connectivity index (χ1) is 5.36. The third-order valence-corrected chi connectivity index (χ3v) is 2.33. The number of hydrogen-bond donors (Lipinski definition) is 1. The summed E-state index contributed by atoms with van der Waals surface area (Å²) in [6.45, 7) is 4.10. The maximum atomic E-state index is 5.55. The largest absolute Gasteiger partial charge is 0.330 e. The van der Waals surface area contributed by atoms with E-state index in [2.05, 4.69) is 4.90 Å². The average molecular weight is 175 g/mol. The minimum absolute atomic E-state index is 0.707. The highest BCUT2D eigenvalue weighted by Gasteiger charge is 2.19. The van der Waals surface area contributed by atoms with Crippen molar-refractivity contribution in [3.8, 4) is 0 Å². The number of halogens is 1. The molecule has 2 nitrogen and oxygen atoms in total. The van der Waals surface area contributed by atoms with Gasteiger partial charge < -0.3 is 5.73 Å².